The van der Waals surface area contributed by atoms with Crippen LogP contribution in [0.1, 0.15) is 11.3 Å². The Morgan fingerprint density at radius 2 is 1.50 bits per heavy atom. The molecule has 3 aromatic rings. The van der Waals surface area contributed by atoms with Gasteiger partial charge in [-0.1, -0.05) is 48.5 Å². The predicted octanol–water partition coefficient (Wildman–Crippen LogP) is 3.93. The smallest absolute Gasteiger partial charge is 0.226 e. The maximum absolute atomic E-state index is 5.51. The van der Waals surface area contributed by atoms with Gasteiger partial charge in [-0.05, 0) is 17.7 Å². The lowest BCUT2D eigenvalue weighted by Crippen LogP contribution is -1.87. The Morgan fingerprint density at radius 1 is 0.833 bits per heavy atom. The van der Waals surface area contributed by atoms with E-state index in [-0.39, 0.29) is 0 Å². The fourth-order valence-corrected chi connectivity index (χ4v) is 1.91. The zero-order chi connectivity index (χ0) is 12.2. The Morgan fingerprint density at radius 3 is 2.22 bits per heavy atom. The molecule has 0 spiro atoms. The molecule has 2 heteroatoms. The Hall–Kier alpha value is -2.35. The molecule has 0 aliphatic rings. The number of nitrogens with zero attached hydrogens (tertiary/aromatic N) is 1. The van der Waals surface area contributed by atoms with Crippen LogP contribution in [0.4, 0.5) is 0 Å². The molecule has 0 unspecified atom stereocenters. The number of aromatic nitrogens is 1. The van der Waals surface area contributed by atoms with E-state index >= 15 is 0 Å². The fourth-order valence-electron chi connectivity index (χ4n) is 1.91. The molecule has 0 saturated carbocycles. The molecule has 0 fully saturated rings. The molecule has 88 valence electrons. The minimum Gasteiger partial charge on any atom is -0.444 e. The number of hydrogen-bond donors (Lipinski definition) is 0. The molecule has 0 bridgehead atoms. The average Bonchev–Trinajstić information content (AvgIpc) is 2.89. The highest BCUT2D eigenvalue weighted by molar-refractivity contribution is 5.52. The first-order chi connectivity index (χ1) is 8.92. The molecule has 0 atom stereocenters. The topological polar surface area (TPSA) is 26.0 Å². The second-order valence-electron chi connectivity index (χ2n) is 4.17. The number of rotatable bonds is 3. The van der Waals surface area contributed by atoms with Gasteiger partial charge < -0.3 is 4.42 Å². The van der Waals surface area contributed by atoms with Crippen LogP contribution in [-0.2, 0) is 6.42 Å². The molecule has 0 aliphatic carbocycles. The number of hydrogen-bond acceptors (Lipinski definition) is 2. The molecule has 3 rings (SSSR count). The maximum Gasteiger partial charge on any atom is 0.226 e. The van der Waals surface area contributed by atoms with Gasteiger partial charge in [-0.15, -0.1) is 0 Å². The van der Waals surface area contributed by atoms with Crippen molar-refractivity contribution in [1.29, 1.82) is 0 Å². The van der Waals surface area contributed by atoms with Gasteiger partial charge in [0.25, 0.3) is 0 Å². The molecule has 1 aromatic heterocycles. The predicted molar refractivity (Wildman–Crippen MR) is 71.2 cm³/mol. The number of oxazole rings is 1. The maximum atomic E-state index is 5.51. The number of benzene rings is 2. The van der Waals surface area contributed by atoms with Crippen LogP contribution in [0.3, 0.4) is 0 Å². The zero-order valence-corrected chi connectivity index (χ0v) is 9.91. The van der Waals surface area contributed by atoms with Crippen LogP contribution in [0, 0.1) is 0 Å². The van der Waals surface area contributed by atoms with Crippen molar-refractivity contribution < 1.29 is 4.42 Å². The second kappa shape index (κ2) is 4.88. The second-order valence-corrected chi connectivity index (χ2v) is 4.17. The summed E-state index contributed by atoms with van der Waals surface area (Å²) in [6.45, 7) is 0. The van der Waals surface area contributed by atoms with E-state index in [1.165, 1.54) is 5.56 Å². The quantitative estimate of drug-likeness (QED) is 0.687. The molecule has 0 aliphatic heterocycles. The van der Waals surface area contributed by atoms with E-state index in [1.807, 2.05) is 48.5 Å². The molecule has 1 heterocycles. The third-order valence-corrected chi connectivity index (χ3v) is 2.80. The van der Waals surface area contributed by atoms with Crippen LogP contribution < -0.4 is 0 Å². The van der Waals surface area contributed by atoms with Crippen molar-refractivity contribution in [3.8, 4) is 11.5 Å². The first-order valence-electron chi connectivity index (χ1n) is 5.95. The first kappa shape index (κ1) is 10.8. The molecule has 0 saturated heterocycles. The van der Waals surface area contributed by atoms with Crippen molar-refractivity contribution in [3.05, 3.63) is 78.2 Å². The van der Waals surface area contributed by atoms with E-state index in [1.54, 1.807) is 6.26 Å². The van der Waals surface area contributed by atoms with Crippen LogP contribution in [0.5, 0.6) is 0 Å². The molecule has 2 nitrogen and oxygen atoms in total. The van der Waals surface area contributed by atoms with Gasteiger partial charge in [0.2, 0.25) is 5.89 Å². The summed E-state index contributed by atoms with van der Waals surface area (Å²) in [7, 11) is 0. The van der Waals surface area contributed by atoms with Crippen LogP contribution in [0.2, 0.25) is 0 Å². The largest absolute Gasteiger partial charge is 0.444 e. The lowest BCUT2D eigenvalue weighted by atomic mass is 10.1. The molecule has 18 heavy (non-hydrogen) atoms. The Balaban J connectivity index is 1.82. The lowest BCUT2D eigenvalue weighted by molar-refractivity contribution is 0.573. The summed E-state index contributed by atoms with van der Waals surface area (Å²) >= 11 is 0. The Bertz CT molecular complexity index is 614. The third kappa shape index (κ3) is 2.33. The monoisotopic (exact) mass is 235 g/mol. The summed E-state index contributed by atoms with van der Waals surface area (Å²) in [6, 6.07) is 20.2. The third-order valence-electron chi connectivity index (χ3n) is 2.80. The van der Waals surface area contributed by atoms with Gasteiger partial charge in [0.05, 0.1) is 5.69 Å². The van der Waals surface area contributed by atoms with E-state index in [2.05, 4.69) is 17.1 Å². The lowest BCUT2D eigenvalue weighted by Gasteiger charge is -1.95. The molecule has 2 aromatic carbocycles. The van der Waals surface area contributed by atoms with Crippen molar-refractivity contribution >= 4 is 0 Å². The molecular formula is C16H13NO. The molecule has 0 N–H and O–H groups in total. The highest BCUT2D eigenvalue weighted by atomic mass is 16.3. The standard InChI is InChI=1S/C16H13NO/c1-3-7-13(8-4-1)11-15-12-18-16(17-15)14-9-5-2-6-10-14/h1-10,12H,11H2. The van der Waals surface area contributed by atoms with Gasteiger partial charge >= 0.3 is 0 Å². The minimum atomic E-state index is 0.682. The zero-order valence-electron chi connectivity index (χ0n) is 9.91. The summed E-state index contributed by atoms with van der Waals surface area (Å²) in [5, 5.41) is 0. The summed E-state index contributed by atoms with van der Waals surface area (Å²) in [4.78, 5) is 4.51. The Kier molecular flexibility index (Phi) is 2.92. The average molecular weight is 235 g/mol. The van der Waals surface area contributed by atoms with Gasteiger partial charge in [0.15, 0.2) is 0 Å². The van der Waals surface area contributed by atoms with Crippen molar-refractivity contribution in [1.82, 2.24) is 4.98 Å². The van der Waals surface area contributed by atoms with E-state index in [0.29, 0.717) is 5.89 Å². The van der Waals surface area contributed by atoms with Gasteiger partial charge in [0, 0.05) is 12.0 Å². The summed E-state index contributed by atoms with van der Waals surface area (Å²) < 4.78 is 5.51. The summed E-state index contributed by atoms with van der Waals surface area (Å²) in [5.41, 5.74) is 3.21. The van der Waals surface area contributed by atoms with Crippen molar-refractivity contribution in [2.24, 2.45) is 0 Å². The van der Waals surface area contributed by atoms with E-state index < -0.39 is 0 Å². The molecular weight excluding hydrogens is 222 g/mol. The Labute approximate surface area is 106 Å². The minimum absolute atomic E-state index is 0.682. The van der Waals surface area contributed by atoms with Crippen molar-refractivity contribution in [2.45, 2.75) is 6.42 Å². The van der Waals surface area contributed by atoms with Crippen LogP contribution in [0.15, 0.2) is 71.3 Å². The van der Waals surface area contributed by atoms with Gasteiger partial charge in [-0.25, -0.2) is 4.98 Å². The van der Waals surface area contributed by atoms with Crippen molar-refractivity contribution in [3.63, 3.8) is 0 Å². The highest BCUT2D eigenvalue weighted by Crippen LogP contribution is 2.19. The van der Waals surface area contributed by atoms with Crippen molar-refractivity contribution in [2.75, 3.05) is 0 Å². The fraction of sp³-hybridized carbons (Fsp3) is 0.0625. The van der Waals surface area contributed by atoms with Crippen LogP contribution in [0.25, 0.3) is 11.5 Å². The van der Waals surface area contributed by atoms with Crippen LogP contribution in [-0.4, -0.2) is 4.98 Å². The van der Waals surface area contributed by atoms with E-state index in [9.17, 15) is 0 Å². The van der Waals surface area contributed by atoms with E-state index in [4.69, 9.17) is 4.42 Å². The van der Waals surface area contributed by atoms with Crippen LogP contribution >= 0.6 is 0 Å². The highest BCUT2D eigenvalue weighted by Gasteiger charge is 2.06. The van der Waals surface area contributed by atoms with Gasteiger partial charge in [0.1, 0.15) is 6.26 Å². The summed E-state index contributed by atoms with van der Waals surface area (Å²) in [5.74, 6) is 0.682. The van der Waals surface area contributed by atoms with Gasteiger partial charge in [-0.2, -0.15) is 0 Å². The van der Waals surface area contributed by atoms with E-state index in [0.717, 1.165) is 17.7 Å². The first-order valence-corrected chi connectivity index (χ1v) is 5.95. The SMILES string of the molecule is c1ccc(Cc2coc(-c3ccccc3)n2)cc1. The molecule has 0 radical (unpaired) electrons. The normalized spacial score (nSPS) is 10.4. The van der Waals surface area contributed by atoms with Gasteiger partial charge in [-0.3, -0.25) is 0 Å². The summed E-state index contributed by atoms with van der Waals surface area (Å²) in [6.07, 6.45) is 2.53. The molecule has 0 amide bonds.